The number of hydrogen-bond donors (Lipinski definition) is 1. The molecule has 0 fully saturated rings. The molecule has 0 aliphatic heterocycles. The fourth-order valence-electron chi connectivity index (χ4n) is 2.32. The van der Waals surface area contributed by atoms with Gasteiger partial charge in [0.15, 0.2) is 10.4 Å². The summed E-state index contributed by atoms with van der Waals surface area (Å²) in [5.41, 5.74) is 3.91. The highest BCUT2D eigenvalue weighted by molar-refractivity contribution is 9.10. The third kappa shape index (κ3) is 2.03. The normalized spacial score (nSPS) is 11.4. The van der Waals surface area contributed by atoms with Crippen LogP contribution in [-0.2, 0) is 13.5 Å². The van der Waals surface area contributed by atoms with Crippen LogP contribution in [0.4, 0.5) is 0 Å². The van der Waals surface area contributed by atoms with Gasteiger partial charge in [-0.25, -0.2) is 4.68 Å². The van der Waals surface area contributed by atoms with Crippen molar-refractivity contribution >= 4 is 50.9 Å². The number of hydrogen-bond acceptors (Lipinski definition) is 2. The van der Waals surface area contributed by atoms with E-state index in [1.165, 1.54) is 0 Å². The number of nitrogens with one attached hydrogen (secondary N) is 1. The Kier molecular flexibility index (Phi) is 3.48. The molecule has 1 aromatic carbocycles. The van der Waals surface area contributed by atoms with Gasteiger partial charge >= 0.3 is 0 Å². The highest BCUT2D eigenvalue weighted by Crippen LogP contribution is 2.28. The van der Waals surface area contributed by atoms with E-state index in [9.17, 15) is 0 Å². The molecular formula is C13H12BrClN4S. The molecule has 0 saturated carbocycles. The first kappa shape index (κ1) is 13.9. The molecule has 104 valence electrons. The van der Waals surface area contributed by atoms with Crippen LogP contribution in [0.2, 0.25) is 5.02 Å². The average Bonchev–Trinajstić information content (AvgIpc) is 2.90. The molecule has 0 atom stereocenters. The van der Waals surface area contributed by atoms with Crippen LogP contribution in [0.1, 0.15) is 12.6 Å². The number of imidazole rings is 1. The molecule has 0 aliphatic rings. The summed E-state index contributed by atoms with van der Waals surface area (Å²) in [4.78, 5) is 3.25. The number of nitrogens with zero attached hydrogens (tertiary/aromatic N) is 3. The Morgan fingerprint density at radius 2 is 2.20 bits per heavy atom. The fraction of sp³-hybridized carbons (Fsp3) is 0.231. The maximum absolute atomic E-state index is 6.05. The standard InChI is InChI=1S/C13H12BrClN4S/c1-3-10-11-12(18(2)17-10)19(13(20)16-11)7-4-5-9(15)8(14)6-7/h4-6H,3H2,1-2H3,(H,16,20). The monoisotopic (exact) mass is 370 g/mol. The van der Waals surface area contributed by atoms with Crippen molar-refractivity contribution in [1.29, 1.82) is 0 Å². The van der Waals surface area contributed by atoms with Gasteiger partial charge in [-0.15, -0.1) is 0 Å². The Balaban J connectivity index is 2.35. The summed E-state index contributed by atoms with van der Waals surface area (Å²) in [6.45, 7) is 2.08. The second-order valence-corrected chi connectivity index (χ2v) is 6.13. The number of aryl methyl sites for hydroxylation is 2. The molecule has 0 bridgehead atoms. The molecule has 0 saturated heterocycles. The van der Waals surface area contributed by atoms with Crippen LogP contribution in [0.3, 0.4) is 0 Å². The molecular weight excluding hydrogens is 360 g/mol. The number of aromatic nitrogens is 4. The Morgan fingerprint density at radius 3 is 2.85 bits per heavy atom. The minimum absolute atomic E-state index is 0.650. The van der Waals surface area contributed by atoms with Gasteiger partial charge in [0.1, 0.15) is 5.52 Å². The predicted molar refractivity (Wildman–Crippen MR) is 87.3 cm³/mol. The number of halogens is 2. The number of benzene rings is 1. The minimum atomic E-state index is 0.650. The summed E-state index contributed by atoms with van der Waals surface area (Å²) in [6.07, 6.45) is 0.858. The first-order valence-corrected chi connectivity index (χ1v) is 7.73. The van der Waals surface area contributed by atoms with Crippen molar-refractivity contribution in [3.05, 3.63) is 38.2 Å². The van der Waals surface area contributed by atoms with E-state index in [4.69, 9.17) is 23.8 Å². The molecule has 4 nitrogen and oxygen atoms in total. The van der Waals surface area contributed by atoms with Gasteiger partial charge in [0.25, 0.3) is 0 Å². The molecule has 2 heterocycles. The summed E-state index contributed by atoms with van der Waals surface area (Å²) in [7, 11) is 1.92. The molecule has 1 N–H and O–H groups in total. The summed E-state index contributed by atoms with van der Waals surface area (Å²) in [6, 6.07) is 5.73. The smallest absolute Gasteiger partial charge is 0.184 e. The number of aromatic amines is 1. The second-order valence-electron chi connectivity index (χ2n) is 4.49. The summed E-state index contributed by atoms with van der Waals surface area (Å²) in [5, 5.41) is 5.19. The molecule has 2 aromatic heterocycles. The fourth-order valence-corrected chi connectivity index (χ4v) is 3.10. The van der Waals surface area contributed by atoms with E-state index in [2.05, 4.69) is 32.9 Å². The molecule has 7 heteroatoms. The highest BCUT2D eigenvalue weighted by atomic mass is 79.9. The lowest BCUT2D eigenvalue weighted by Gasteiger charge is -2.06. The lowest BCUT2D eigenvalue weighted by atomic mass is 10.3. The number of rotatable bonds is 2. The third-order valence-corrected chi connectivity index (χ3v) is 4.73. The van der Waals surface area contributed by atoms with E-state index >= 15 is 0 Å². The van der Waals surface area contributed by atoms with Gasteiger partial charge in [-0.3, -0.25) is 4.57 Å². The maximum Gasteiger partial charge on any atom is 0.184 e. The third-order valence-electron chi connectivity index (χ3n) is 3.23. The van der Waals surface area contributed by atoms with Crippen LogP contribution in [0.15, 0.2) is 22.7 Å². The van der Waals surface area contributed by atoms with Crippen LogP contribution >= 0.6 is 39.7 Å². The van der Waals surface area contributed by atoms with E-state index < -0.39 is 0 Å². The van der Waals surface area contributed by atoms with Gasteiger partial charge in [-0.1, -0.05) is 18.5 Å². The summed E-state index contributed by atoms with van der Waals surface area (Å²) in [5.74, 6) is 0. The van der Waals surface area contributed by atoms with Crippen LogP contribution in [0.5, 0.6) is 0 Å². The zero-order valence-electron chi connectivity index (χ0n) is 10.9. The van der Waals surface area contributed by atoms with Crippen molar-refractivity contribution in [2.24, 2.45) is 7.05 Å². The van der Waals surface area contributed by atoms with Crippen molar-refractivity contribution in [1.82, 2.24) is 19.3 Å². The van der Waals surface area contributed by atoms with Gasteiger partial charge in [0.2, 0.25) is 0 Å². The Hall–Kier alpha value is -1.11. The Labute approximate surface area is 134 Å². The van der Waals surface area contributed by atoms with Gasteiger partial charge in [-0.05, 0) is 52.8 Å². The highest BCUT2D eigenvalue weighted by Gasteiger charge is 2.15. The van der Waals surface area contributed by atoms with Crippen LogP contribution < -0.4 is 0 Å². The van der Waals surface area contributed by atoms with Crippen LogP contribution in [0, 0.1) is 4.77 Å². The minimum Gasteiger partial charge on any atom is -0.327 e. The number of fused-ring (bicyclic) bond motifs is 1. The van der Waals surface area contributed by atoms with Gasteiger partial charge in [0.05, 0.1) is 16.4 Å². The van der Waals surface area contributed by atoms with Crippen molar-refractivity contribution in [3.8, 4) is 5.69 Å². The van der Waals surface area contributed by atoms with Gasteiger partial charge in [-0.2, -0.15) is 5.10 Å². The zero-order valence-corrected chi connectivity index (χ0v) is 14.1. The molecule has 0 radical (unpaired) electrons. The zero-order chi connectivity index (χ0) is 14.4. The molecule has 3 aromatic rings. The summed E-state index contributed by atoms with van der Waals surface area (Å²) < 4.78 is 5.31. The predicted octanol–water partition coefficient (Wildman–Crippen LogP) is 4.40. The van der Waals surface area contributed by atoms with Gasteiger partial charge < -0.3 is 4.98 Å². The van der Waals surface area contributed by atoms with E-state index in [1.807, 2.05) is 34.5 Å². The molecule has 0 spiro atoms. The second kappa shape index (κ2) is 5.02. The molecule has 0 amide bonds. The van der Waals surface area contributed by atoms with E-state index in [1.54, 1.807) is 0 Å². The first-order chi connectivity index (χ1) is 9.52. The van der Waals surface area contributed by atoms with Crippen molar-refractivity contribution in [3.63, 3.8) is 0 Å². The molecule has 3 rings (SSSR count). The van der Waals surface area contributed by atoms with Crippen LogP contribution in [-0.4, -0.2) is 19.3 Å². The quantitative estimate of drug-likeness (QED) is 0.678. The van der Waals surface area contributed by atoms with Crippen molar-refractivity contribution in [2.45, 2.75) is 13.3 Å². The Morgan fingerprint density at radius 1 is 1.45 bits per heavy atom. The molecule has 0 aliphatic carbocycles. The molecule has 0 unspecified atom stereocenters. The van der Waals surface area contributed by atoms with E-state index in [-0.39, 0.29) is 0 Å². The topological polar surface area (TPSA) is 38.5 Å². The maximum atomic E-state index is 6.05. The SMILES string of the molecule is CCc1nn(C)c2c1[nH]c(=S)n2-c1ccc(Cl)c(Br)c1. The number of H-pyrrole nitrogens is 1. The van der Waals surface area contributed by atoms with E-state index in [0.29, 0.717) is 9.79 Å². The van der Waals surface area contributed by atoms with Crippen molar-refractivity contribution in [2.75, 3.05) is 0 Å². The van der Waals surface area contributed by atoms with Crippen molar-refractivity contribution < 1.29 is 0 Å². The summed E-state index contributed by atoms with van der Waals surface area (Å²) >= 11 is 14.9. The van der Waals surface area contributed by atoms with E-state index in [0.717, 1.165) is 33.4 Å². The largest absolute Gasteiger partial charge is 0.327 e. The van der Waals surface area contributed by atoms with Crippen LogP contribution in [0.25, 0.3) is 16.9 Å². The first-order valence-electron chi connectivity index (χ1n) is 6.15. The molecule has 20 heavy (non-hydrogen) atoms. The lowest BCUT2D eigenvalue weighted by Crippen LogP contribution is -2.01. The lowest BCUT2D eigenvalue weighted by molar-refractivity contribution is 0.748. The average molecular weight is 372 g/mol. The van der Waals surface area contributed by atoms with Gasteiger partial charge in [0, 0.05) is 11.5 Å². The Bertz CT molecular complexity index is 861.